The fourth-order valence-electron chi connectivity index (χ4n) is 3.10. The molecule has 130 valence electrons. The van der Waals surface area contributed by atoms with Crippen LogP contribution in [-0.4, -0.2) is 38.3 Å². The van der Waals surface area contributed by atoms with E-state index >= 15 is 0 Å². The summed E-state index contributed by atoms with van der Waals surface area (Å²) in [5.74, 6) is 1.54. The topological polar surface area (TPSA) is 70.4 Å². The van der Waals surface area contributed by atoms with Gasteiger partial charge < -0.3 is 19.7 Å². The van der Waals surface area contributed by atoms with Crippen molar-refractivity contribution in [2.45, 2.75) is 18.9 Å². The van der Waals surface area contributed by atoms with Gasteiger partial charge in [0.1, 0.15) is 23.3 Å². The second kappa shape index (κ2) is 7.75. The third-order valence-electron chi connectivity index (χ3n) is 4.37. The van der Waals surface area contributed by atoms with Gasteiger partial charge in [0.25, 0.3) is 0 Å². The number of anilines is 2. The Morgan fingerprint density at radius 3 is 2.56 bits per heavy atom. The first-order valence-corrected chi connectivity index (χ1v) is 8.32. The lowest BCUT2D eigenvalue weighted by molar-refractivity contribution is 0.394. The SMILES string of the molecule is COc1cc(NC2CCCN(c3ccc(C#N)nc3)C2)cc(OC)c1. The number of methoxy groups -OCH3 is 2. The van der Waals surface area contributed by atoms with E-state index in [2.05, 4.69) is 21.3 Å². The first-order chi connectivity index (χ1) is 12.2. The summed E-state index contributed by atoms with van der Waals surface area (Å²) in [6, 6.07) is 11.9. The minimum atomic E-state index is 0.321. The molecular weight excluding hydrogens is 316 g/mol. The molecule has 0 bridgehead atoms. The van der Waals surface area contributed by atoms with Crippen molar-refractivity contribution in [1.82, 2.24) is 4.98 Å². The van der Waals surface area contributed by atoms with Gasteiger partial charge in [-0.2, -0.15) is 5.26 Å². The number of aromatic nitrogens is 1. The molecule has 1 atom stereocenters. The largest absolute Gasteiger partial charge is 0.497 e. The van der Waals surface area contributed by atoms with Gasteiger partial charge in [0.15, 0.2) is 0 Å². The van der Waals surface area contributed by atoms with E-state index in [1.807, 2.05) is 24.3 Å². The van der Waals surface area contributed by atoms with E-state index in [4.69, 9.17) is 14.7 Å². The molecule has 1 aliphatic rings. The summed E-state index contributed by atoms with van der Waals surface area (Å²) in [6.07, 6.45) is 3.97. The van der Waals surface area contributed by atoms with E-state index in [1.165, 1.54) is 0 Å². The molecule has 0 spiro atoms. The number of nitrogens with zero attached hydrogens (tertiary/aromatic N) is 3. The monoisotopic (exact) mass is 338 g/mol. The van der Waals surface area contributed by atoms with Crippen molar-refractivity contribution in [2.75, 3.05) is 37.5 Å². The van der Waals surface area contributed by atoms with Crippen LogP contribution < -0.4 is 19.7 Å². The fourth-order valence-corrected chi connectivity index (χ4v) is 3.10. The van der Waals surface area contributed by atoms with Crippen LogP contribution >= 0.6 is 0 Å². The summed E-state index contributed by atoms with van der Waals surface area (Å²) >= 11 is 0. The zero-order valence-electron chi connectivity index (χ0n) is 14.5. The lowest BCUT2D eigenvalue weighted by atomic mass is 10.0. The van der Waals surface area contributed by atoms with Crippen LogP contribution in [0.2, 0.25) is 0 Å². The maximum Gasteiger partial charge on any atom is 0.140 e. The van der Waals surface area contributed by atoms with Gasteiger partial charge in [0, 0.05) is 43.0 Å². The average molecular weight is 338 g/mol. The number of piperidine rings is 1. The number of hydrogen-bond donors (Lipinski definition) is 1. The fraction of sp³-hybridized carbons (Fsp3) is 0.368. The minimum Gasteiger partial charge on any atom is -0.497 e. The molecule has 2 aromatic rings. The molecule has 0 radical (unpaired) electrons. The number of pyridine rings is 1. The first kappa shape index (κ1) is 16.9. The predicted octanol–water partition coefficient (Wildman–Crippen LogP) is 3.05. The Balaban J connectivity index is 1.70. The van der Waals surface area contributed by atoms with Crippen molar-refractivity contribution in [2.24, 2.45) is 0 Å². The Kier molecular flexibility index (Phi) is 5.24. The van der Waals surface area contributed by atoms with Crippen LogP contribution in [0, 0.1) is 11.3 Å². The molecule has 3 rings (SSSR count). The van der Waals surface area contributed by atoms with Crippen LogP contribution in [0.3, 0.4) is 0 Å². The standard InChI is InChI=1S/C19H22N4O2/c1-24-18-8-16(9-19(10-18)25-2)22-15-4-3-7-23(13-15)17-6-5-14(11-20)21-12-17/h5-6,8-10,12,15,22H,3-4,7,13H2,1-2H3. The molecule has 25 heavy (non-hydrogen) atoms. The number of ether oxygens (including phenoxy) is 2. The highest BCUT2D eigenvalue weighted by Gasteiger charge is 2.20. The highest BCUT2D eigenvalue weighted by molar-refractivity contribution is 5.55. The Hall–Kier alpha value is -2.94. The van der Waals surface area contributed by atoms with Gasteiger partial charge >= 0.3 is 0 Å². The summed E-state index contributed by atoms with van der Waals surface area (Å²) in [4.78, 5) is 6.47. The van der Waals surface area contributed by atoms with Gasteiger partial charge in [-0.3, -0.25) is 0 Å². The zero-order valence-corrected chi connectivity index (χ0v) is 14.5. The van der Waals surface area contributed by atoms with Crippen LogP contribution in [-0.2, 0) is 0 Å². The molecule has 6 nitrogen and oxygen atoms in total. The molecule has 2 heterocycles. The van der Waals surface area contributed by atoms with Crippen molar-refractivity contribution < 1.29 is 9.47 Å². The van der Waals surface area contributed by atoms with E-state index in [-0.39, 0.29) is 0 Å². The Bertz CT molecular complexity index is 733. The lowest BCUT2D eigenvalue weighted by Gasteiger charge is -2.35. The molecule has 1 N–H and O–H groups in total. The summed E-state index contributed by atoms with van der Waals surface area (Å²) < 4.78 is 10.7. The predicted molar refractivity (Wildman–Crippen MR) is 97.4 cm³/mol. The second-order valence-electron chi connectivity index (χ2n) is 6.04. The normalized spacial score (nSPS) is 16.8. The Morgan fingerprint density at radius 1 is 1.20 bits per heavy atom. The molecule has 0 saturated carbocycles. The van der Waals surface area contributed by atoms with E-state index < -0.39 is 0 Å². The molecule has 0 amide bonds. The molecule has 6 heteroatoms. The number of rotatable bonds is 5. The van der Waals surface area contributed by atoms with Gasteiger partial charge in [0.2, 0.25) is 0 Å². The third kappa shape index (κ3) is 4.13. The van der Waals surface area contributed by atoms with Crippen molar-refractivity contribution in [1.29, 1.82) is 5.26 Å². The molecule has 1 saturated heterocycles. The van der Waals surface area contributed by atoms with Crippen LogP contribution in [0.5, 0.6) is 11.5 Å². The van der Waals surface area contributed by atoms with Gasteiger partial charge in [-0.1, -0.05) is 0 Å². The molecule has 1 fully saturated rings. The number of nitriles is 1. The minimum absolute atomic E-state index is 0.321. The van der Waals surface area contributed by atoms with Crippen LogP contribution in [0.15, 0.2) is 36.5 Å². The average Bonchev–Trinajstić information content (AvgIpc) is 2.68. The first-order valence-electron chi connectivity index (χ1n) is 8.32. The summed E-state index contributed by atoms with van der Waals surface area (Å²) in [5.41, 5.74) is 2.48. The summed E-state index contributed by atoms with van der Waals surface area (Å²) in [6.45, 7) is 1.88. The molecule has 1 aliphatic heterocycles. The Labute approximate surface area is 148 Å². The summed E-state index contributed by atoms with van der Waals surface area (Å²) in [7, 11) is 3.30. The van der Waals surface area contributed by atoms with Gasteiger partial charge in [0.05, 0.1) is 26.1 Å². The van der Waals surface area contributed by atoms with Gasteiger partial charge in [-0.25, -0.2) is 4.98 Å². The number of benzene rings is 1. The highest BCUT2D eigenvalue weighted by Crippen LogP contribution is 2.28. The van der Waals surface area contributed by atoms with Crippen molar-refractivity contribution in [3.63, 3.8) is 0 Å². The summed E-state index contributed by atoms with van der Waals surface area (Å²) in [5, 5.41) is 12.5. The molecule has 1 aromatic carbocycles. The van der Waals surface area contributed by atoms with Crippen molar-refractivity contribution in [3.05, 3.63) is 42.2 Å². The van der Waals surface area contributed by atoms with Crippen LogP contribution in [0.25, 0.3) is 0 Å². The van der Waals surface area contributed by atoms with E-state index in [0.717, 1.165) is 48.8 Å². The number of nitrogens with one attached hydrogen (secondary N) is 1. The molecule has 1 aromatic heterocycles. The molecule has 0 aliphatic carbocycles. The van der Waals surface area contributed by atoms with Gasteiger partial charge in [-0.05, 0) is 25.0 Å². The third-order valence-corrected chi connectivity index (χ3v) is 4.37. The van der Waals surface area contributed by atoms with Gasteiger partial charge in [-0.15, -0.1) is 0 Å². The van der Waals surface area contributed by atoms with E-state index in [9.17, 15) is 0 Å². The highest BCUT2D eigenvalue weighted by atomic mass is 16.5. The second-order valence-corrected chi connectivity index (χ2v) is 6.04. The quantitative estimate of drug-likeness (QED) is 0.903. The zero-order chi connectivity index (χ0) is 17.6. The maximum atomic E-state index is 8.87. The molecular formula is C19H22N4O2. The van der Waals surface area contributed by atoms with Crippen LogP contribution in [0.1, 0.15) is 18.5 Å². The van der Waals surface area contributed by atoms with E-state index in [0.29, 0.717) is 11.7 Å². The van der Waals surface area contributed by atoms with E-state index in [1.54, 1.807) is 26.5 Å². The number of hydrogen-bond acceptors (Lipinski definition) is 6. The smallest absolute Gasteiger partial charge is 0.140 e. The lowest BCUT2D eigenvalue weighted by Crippen LogP contribution is -2.42. The van der Waals surface area contributed by atoms with Crippen molar-refractivity contribution in [3.8, 4) is 17.6 Å². The van der Waals surface area contributed by atoms with Crippen molar-refractivity contribution >= 4 is 11.4 Å². The Morgan fingerprint density at radius 2 is 1.96 bits per heavy atom. The maximum absolute atomic E-state index is 8.87. The van der Waals surface area contributed by atoms with Crippen LogP contribution in [0.4, 0.5) is 11.4 Å². The molecule has 1 unspecified atom stereocenters.